The Balaban J connectivity index is 2.92. The first-order valence-corrected chi connectivity index (χ1v) is 5.10. The monoisotopic (exact) mass is 265 g/mol. The van der Waals surface area contributed by atoms with Crippen LogP contribution in [0.5, 0.6) is 5.75 Å². The van der Waals surface area contributed by atoms with Gasteiger partial charge in [0.2, 0.25) is 5.91 Å². The number of halogens is 4. The summed E-state index contributed by atoms with van der Waals surface area (Å²) in [7, 11) is 0. The molecule has 1 aromatic rings. The summed E-state index contributed by atoms with van der Waals surface area (Å²) < 4.78 is 53.4. The summed E-state index contributed by atoms with van der Waals surface area (Å²) in [6.45, 7) is 1.56. The Morgan fingerprint density at radius 3 is 2.56 bits per heavy atom. The van der Waals surface area contributed by atoms with Crippen LogP contribution in [-0.4, -0.2) is 18.4 Å². The Morgan fingerprint density at radius 2 is 2.00 bits per heavy atom. The number of ether oxygens (including phenoxy) is 1. The largest absolute Gasteiger partial charge is 0.461 e. The zero-order chi connectivity index (χ0) is 13.8. The molecule has 0 aliphatic carbocycles. The van der Waals surface area contributed by atoms with Gasteiger partial charge in [-0.2, -0.15) is 17.6 Å². The first-order valence-electron chi connectivity index (χ1n) is 5.10. The summed E-state index contributed by atoms with van der Waals surface area (Å²) in [6.07, 6.45) is -8.43. The predicted octanol–water partition coefficient (Wildman–Crippen LogP) is 3.27. The highest BCUT2D eigenvalue weighted by molar-refractivity contribution is 5.91. The van der Waals surface area contributed by atoms with Crippen molar-refractivity contribution in [3.63, 3.8) is 0 Å². The van der Waals surface area contributed by atoms with Gasteiger partial charge in [-0.25, -0.2) is 0 Å². The Morgan fingerprint density at radius 1 is 1.39 bits per heavy atom. The minimum absolute atomic E-state index is 0.0790. The molecule has 1 N–H and O–H groups in total. The van der Waals surface area contributed by atoms with Crippen LogP contribution in [0.3, 0.4) is 0 Å². The molecule has 0 unspecified atom stereocenters. The topological polar surface area (TPSA) is 38.3 Å². The second-order valence-electron chi connectivity index (χ2n) is 3.36. The molecule has 1 amide bonds. The lowest BCUT2D eigenvalue weighted by Gasteiger charge is -2.19. The molecule has 0 heterocycles. The molecule has 0 aliphatic rings. The van der Waals surface area contributed by atoms with Crippen molar-refractivity contribution in [2.24, 2.45) is 0 Å². The molecule has 18 heavy (non-hydrogen) atoms. The molecule has 0 aliphatic heterocycles. The molecule has 0 atom stereocenters. The smallest absolute Gasteiger partial charge is 0.426 e. The van der Waals surface area contributed by atoms with E-state index in [0.29, 0.717) is 0 Å². The van der Waals surface area contributed by atoms with Crippen LogP contribution >= 0.6 is 0 Å². The van der Waals surface area contributed by atoms with Gasteiger partial charge in [0.1, 0.15) is 5.75 Å². The van der Waals surface area contributed by atoms with Crippen molar-refractivity contribution < 1.29 is 27.1 Å². The zero-order valence-electron chi connectivity index (χ0n) is 9.42. The number of nitrogens with one attached hydrogen (secondary N) is 1. The van der Waals surface area contributed by atoms with E-state index in [4.69, 9.17) is 0 Å². The molecular formula is C11H11F4NO2. The predicted molar refractivity (Wildman–Crippen MR) is 56.9 cm³/mol. The zero-order valence-corrected chi connectivity index (χ0v) is 9.42. The lowest BCUT2D eigenvalue weighted by molar-refractivity contribution is -0.252. The SMILES string of the molecule is CCC(=O)Nc1ccccc1OC(F)(F)C(F)F. The first-order chi connectivity index (χ1) is 8.36. The molecule has 3 nitrogen and oxygen atoms in total. The first kappa shape index (κ1) is 14.3. The van der Waals surface area contributed by atoms with Crippen LogP contribution in [-0.2, 0) is 4.79 Å². The number of hydrogen-bond donors (Lipinski definition) is 1. The van der Waals surface area contributed by atoms with Gasteiger partial charge in [0.25, 0.3) is 0 Å². The van der Waals surface area contributed by atoms with Gasteiger partial charge in [0, 0.05) is 6.42 Å². The average Bonchev–Trinajstić information content (AvgIpc) is 2.31. The Kier molecular flexibility index (Phi) is 4.52. The van der Waals surface area contributed by atoms with Crippen molar-refractivity contribution >= 4 is 11.6 Å². The fraction of sp³-hybridized carbons (Fsp3) is 0.364. The van der Waals surface area contributed by atoms with Crippen LogP contribution in [0.1, 0.15) is 13.3 Å². The highest BCUT2D eigenvalue weighted by Gasteiger charge is 2.44. The van der Waals surface area contributed by atoms with Gasteiger partial charge >= 0.3 is 12.5 Å². The highest BCUT2D eigenvalue weighted by Crippen LogP contribution is 2.32. The van der Waals surface area contributed by atoms with Crippen molar-refractivity contribution in [2.45, 2.75) is 25.9 Å². The second kappa shape index (κ2) is 5.70. The fourth-order valence-corrected chi connectivity index (χ4v) is 1.09. The standard InChI is InChI=1S/C11H11F4NO2/c1-2-9(17)16-7-5-3-4-6-8(7)18-11(14,15)10(12)13/h3-6,10H,2H2,1H3,(H,16,17). The van der Waals surface area contributed by atoms with Gasteiger partial charge in [-0.15, -0.1) is 0 Å². The molecule has 7 heteroatoms. The van der Waals surface area contributed by atoms with Crippen LogP contribution in [0.4, 0.5) is 23.2 Å². The van der Waals surface area contributed by atoms with Crippen molar-refractivity contribution in [2.75, 3.05) is 5.32 Å². The van der Waals surface area contributed by atoms with Crippen LogP contribution in [0.2, 0.25) is 0 Å². The van der Waals surface area contributed by atoms with Gasteiger partial charge < -0.3 is 10.1 Å². The summed E-state index contributed by atoms with van der Waals surface area (Å²) in [5.74, 6) is -0.948. The van der Waals surface area contributed by atoms with Crippen LogP contribution < -0.4 is 10.1 Å². The summed E-state index contributed by atoms with van der Waals surface area (Å²) in [5, 5.41) is 2.28. The van der Waals surface area contributed by atoms with Gasteiger partial charge in [-0.3, -0.25) is 4.79 Å². The van der Waals surface area contributed by atoms with E-state index >= 15 is 0 Å². The highest BCUT2D eigenvalue weighted by atomic mass is 19.3. The molecule has 0 fully saturated rings. The van der Waals surface area contributed by atoms with Crippen LogP contribution in [0.15, 0.2) is 24.3 Å². The van der Waals surface area contributed by atoms with E-state index in [-0.39, 0.29) is 12.1 Å². The maximum atomic E-state index is 12.7. The Hall–Kier alpha value is -1.79. The Labute approximate surface area is 101 Å². The summed E-state index contributed by atoms with van der Waals surface area (Å²) in [6, 6.07) is 5.14. The number of carbonyl (C=O) groups excluding carboxylic acids is 1. The van der Waals surface area contributed by atoms with Gasteiger partial charge in [0.05, 0.1) is 5.69 Å². The molecule has 0 spiro atoms. The third kappa shape index (κ3) is 3.61. The van der Waals surface area contributed by atoms with Crippen LogP contribution in [0, 0.1) is 0 Å². The van der Waals surface area contributed by atoms with Gasteiger partial charge in [-0.1, -0.05) is 19.1 Å². The lowest BCUT2D eigenvalue weighted by atomic mass is 10.3. The maximum Gasteiger partial charge on any atom is 0.461 e. The van der Waals surface area contributed by atoms with E-state index in [1.165, 1.54) is 18.2 Å². The third-order valence-electron chi connectivity index (χ3n) is 1.98. The van der Waals surface area contributed by atoms with E-state index in [1.54, 1.807) is 6.92 Å². The number of carbonyl (C=O) groups is 1. The third-order valence-corrected chi connectivity index (χ3v) is 1.98. The molecular weight excluding hydrogens is 254 g/mol. The molecule has 1 rings (SSSR count). The lowest BCUT2D eigenvalue weighted by Crippen LogP contribution is -2.33. The summed E-state index contributed by atoms with van der Waals surface area (Å²) >= 11 is 0. The molecule has 1 aromatic carbocycles. The van der Waals surface area contributed by atoms with Crippen molar-refractivity contribution in [1.29, 1.82) is 0 Å². The number of anilines is 1. The van der Waals surface area contributed by atoms with Gasteiger partial charge in [0.15, 0.2) is 0 Å². The van der Waals surface area contributed by atoms with E-state index in [0.717, 1.165) is 6.07 Å². The van der Waals surface area contributed by atoms with Gasteiger partial charge in [-0.05, 0) is 12.1 Å². The fourth-order valence-electron chi connectivity index (χ4n) is 1.09. The van der Waals surface area contributed by atoms with E-state index < -0.39 is 24.2 Å². The quantitative estimate of drug-likeness (QED) is 0.830. The van der Waals surface area contributed by atoms with Crippen LogP contribution in [0.25, 0.3) is 0 Å². The average molecular weight is 265 g/mol. The second-order valence-corrected chi connectivity index (χ2v) is 3.36. The van der Waals surface area contributed by atoms with Crippen molar-refractivity contribution in [1.82, 2.24) is 0 Å². The molecule has 0 bridgehead atoms. The van der Waals surface area contributed by atoms with Crippen molar-refractivity contribution in [3.8, 4) is 5.75 Å². The molecule has 0 saturated heterocycles. The number of hydrogen-bond acceptors (Lipinski definition) is 2. The normalized spacial score (nSPS) is 11.4. The molecule has 0 aromatic heterocycles. The van der Waals surface area contributed by atoms with E-state index in [9.17, 15) is 22.4 Å². The molecule has 0 radical (unpaired) electrons. The van der Waals surface area contributed by atoms with E-state index in [1.807, 2.05) is 0 Å². The summed E-state index contributed by atoms with van der Waals surface area (Å²) in [5.41, 5.74) is -0.0790. The summed E-state index contributed by atoms with van der Waals surface area (Å²) in [4.78, 5) is 11.1. The number of amides is 1. The Bertz CT molecular complexity index is 423. The van der Waals surface area contributed by atoms with E-state index in [2.05, 4.69) is 10.1 Å². The molecule has 100 valence electrons. The number of benzene rings is 1. The van der Waals surface area contributed by atoms with Crippen molar-refractivity contribution in [3.05, 3.63) is 24.3 Å². The number of para-hydroxylation sites is 2. The molecule has 0 saturated carbocycles. The number of rotatable bonds is 5. The minimum Gasteiger partial charge on any atom is -0.426 e. The number of alkyl halides is 4. The maximum absolute atomic E-state index is 12.7. The minimum atomic E-state index is -4.60.